The average molecular weight is 1920 g/mol. The third-order valence-corrected chi connectivity index (χ3v) is 24.7. The fraction of sp³-hybridized carbons (Fsp3) is 0.674. The lowest BCUT2D eigenvalue weighted by molar-refractivity contribution is -0.144. The summed E-state index contributed by atoms with van der Waals surface area (Å²) in [6.07, 6.45) is 9.16. The summed E-state index contributed by atoms with van der Waals surface area (Å²) >= 11 is 6.69. The van der Waals surface area contributed by atoms with Gasteiger partial charge in [0.15, 0.2) is 18.9 Å². The smallest absolute Gasteiger partial charge is 0.412 e. The van der Waals surface area contributed by atoms with Crippen molar-refractivity contribution in [2.24, 2.45) is 0 Å². The number of nitrogens with zero attached hydrogens (tertiary/aromatic N) is 8. The second-order valence-electron chi connectivity index (χ2n) is 33.0. The molecule has 8 aromatic heterocycles. The summed E-state index contributed by atoms with van der Waals surface area (Å²) in [5.41, 5.74) is 3.92. The van der Waals surface area contributed by atoms with E-state index in [0.717, 1.165) is 93.9 Å². The van der Waals surface area contributed by atoms with Gasteiger partial charge in [-0.3, -0.25) is 5.32 Å². The van der Waals surface area contributed by atoms with E-state index in [1.165, 1.54) is 6.04 Å². The topological polar surface area (TPSA) is 262 Å². The molecule has 122 heavy (non-hydrogen) atoms. The zero-order valence-corrected chi connectivity index (χ0v) is 87.2. The van der Waals surface area contributed by atoms with E-state index in [2.05, 4.69) is 143 Å². The first-order chi connectivity index (χ1) is 58.0. The Morgan fingerprint density at radius 3 is 1.20 bits per heavy atom. The third kappa shape index (κ3) is 47.4. The van der Waals surface area contributed by atoms with Gasteiger partial charge >= 0.3 is 6.09 Å². The van der Waals surface area contributed by atoms with E-state index in [9.17, 15) is 9.18 Å². The lowest BCUT2D eigenvalue weighted by atomic mass is 10.2. The van der Waals surface area contributed by atoms with E-state index in [4.69, 9.17) is 81.4 Å². The fourth-order valence-corrected chi connectivity index (χ4v) is 14.5. The van der Waals surface area contributed by atoms with Gasteiger partial charge in [0.1, 0.15) is 60.8 Å². The number of hydrogen-bond donors (Lipinski definition) is 3. The lowest BCUT2D eigenvalue weighted by Crippen LogP contribution is -2.27. The van der Waals surface area contributed by atoms with Gasteiger partial charge in [0.25, 0.3) is 0 Å². The van der Waals surface area contributed by atoms with E-state index in [1.54, 1.807) is 6.07 Å². The second kappa shape index (κ2) is 62.7. The van der Waals surface area contributed by atoms with Crippen LogP contribution in [0.15, 0.2) is 82.3 Å². The minimum Gasteiger partial charge on any atom is -0.477 e. The van der Waals surface area contributed by atoms with Crippen molar-refractivity contribution in [2.45, 2.75) is 298 Å². The highest BCUT2D eigenvalue weighted by molar-refractivity contribution is 9.10. The maximum atomic E-state index is 13.4. The van der Waals surface area contributed by atoms with Crippen LogP contribution >= 0.6 is 31.9 Å². The Kier molecular flexibility index (Phi) is 58.8. The Morgan fingerprint density at radius 2 is 0.828 bits per heavy atom. The summed E-state index contributed by atoms with van der Waals surface area (Å²) in [6, 6.07) is 20.2. The quantitative estimate of drug-likeness (QED) is 0.0139. The Labute approximate surface area is 752 Å². The molecular weight excluding hydrogens is 1760 g/mol. The number of aliphatic hydroxyl groups is 1. The van der Waals surface area contributed by atoms with Crippen molar-refractivity contribution in [1.82, 2.24) is 38.2 Å². The molecule has 8 aromatic rings. The number of aromatic nitrogens is 8. The highest BCUT2D eigenvalue weighted by Crippen LogP contribution is 2.33. The number of fused-ring (bicyclic) bond motifs is 5. The van der Waals surface area contributed by atoms with Crippen LogP contribution in [0, 0.1) is 5.95 Å². The van der Waals surface area contributed by atoms with E-state index in [1.807, 2.05) is 191 Å². The van der Waals surface area contributed by atoms with Crippen LogP contribution in [0.25, 0.3) is 44.1 Å². The Hall–Kier alpha value is -5.45. The number of carbonyl (C=O) groups is 1. The number of hydrogen-bond acceptors (Lipinski definition) is 21. The molecule has 1 aliphatic rings. The molecule has 1 amide bonds. The van der Waals surface area contributed by atoms with Crippen molar-refractivity contribution in [1.29, 1.82) is 0 Å². The standard InChI is InChI=1S/C25H43N3O6Si.C20H33BrN2O4Si.C16H25N3O2Si.C13H18BrFN2OSi.C7H16O3.4C2H6/c1-9-31-21(32-10-2)12-14-33-23-20(26-24(29)34-25(3,4)5)17-19-11-13-28(22(19)27-23)18-30-15-16-35(6,7)8;1-6-25-18(26-7-2)9-11-27-20-17(21)14-16-8-10-23(19(16)22-20)15-24-12-13-28(3,4)5;1-22(2,3)10-9-20-12-19-7-5-13-11-14-16(18-15(13)19)21-8-4-6-17-14;1-19(2,3)7-6-18-9-17-5-4-10-8-11(14)12(15)16-13(10)17;1-3-9-7(5-6-8)10-4-2;4*1-2/h11,13,17,21H,9-10,12,14-16,18H2,1-8H3,(H,26,29);8,10,14,18H,6-7,9,11-13,15H2,1-5H3;5,7,11,17H,4,6,8-10,12H2,1-3H3;4-5,8H,6-7,9H2,1-3H3;7-8H,3-6H2,1-2H3;4*1-2H3. The molecule has 0 aromatic carbocycles. The van der Waals surface area contributed by atoms with Crippen LogP contribution in [0.3, 0.4) is 0 Å². The molecule has 0 bridgehead atoms. The molecule has 1 aliphatic heterocycles. The molecule has 0 spiro atoms. The molecule has 33 heteroatoms. The molecule has 0 unspecified atom stereocenters. The molecule has 9 rings (SSSR count). The number of ether oxygens (including phenoxy) is 14. The number of amides is 1. The van der Waals surface area contributed by atoms with Gasteiger partial charge in [0.05, 0.1) is 34.5 Å². The fourth-order valence-electron chi connectivity index (χ4n) is 10.7. The Balaban J connectivity index is 0.000000775. The number of halogens is 3. The number of anilines is 2. The molecule has 0 radical (unpaired) electrons. The molecule has 9 heterocycles. The summed E-state index contributed by atoms with van der Waals surface area (Å²) in [5, 5.41) is 18.6. The predicted molar refractivity (Wildman–Crippen MR) is 518 cm³/mol. The van der Waals surface area contributed by atoms with Gasteiger partial charge in [-0.2, -0.15) is 19.3 Å². The molecule has 0 atom stereocenters. The van der Waals surface area contributed by atoms with Crippen molar-refractivity contribution in [3.05, 3.63) is 88.2 Å². The highest BCUT2D eigenvalue weighted by atomic mass is 79.9. The molecular formula is C89H159Br2FN10O16Si4. The predicted octanol–water partition coefficient (Wildman–Crippen LogP) is 23.8. The number of aliphatic hydroxyl groups excluding tert-OH is 1. The third-order valence-electron chi connectivity index (χ3n) is 16.8. The number of carbonyl (C=O) groups excluding carboxylic acids is 1. The number of pyridine rings is 4. The zero-order chi connectivity index (χ0) is 92.1. The van der Waals surface area contributed by atoms with E-state index in [0.29, 0.717) is 151 Å². The molecule has 26 nitrogen and oxygen atoms in total. The van der Waals surface area contributed by atoms with E-state index in [-0.39, 0.29) is 25.5 Å². The first-order valence-electron chi connectivity index (χ1n) is 44.2. The minimum absolute atomic E-state index is 0.116. The van der Waals surface area contributed by atoms with Gasteiger partial charge < -0.3 is 95.0 Å². The number of nitrogens with one attached hydrogen (secondary N) is 2. The lowest BCUT2D eigenvalue weighted by Gasteiger charge is -2.21. The van der Waals surface area contributed by atoms with E-state index < -0.39 is 49.9 Å². The van der Waals surface area contributed by atoms with Crippen LogP contribution in [0.1, 0.15) is 143 Å². The summed E-state index contributed by atoms with van der Waals surface area (Å²) in [4.78, 5) is 30.5. The van der Waals surface area contributed by atoms with Crippen molar-refractivity contribution in [3.8, 4) is 17.6 Å². The van der Waals surface area contributed by atoms with Crippen LogP contribution in [0.2, 0.25) is 103 Å². The first kappa shape index (κ1) is 115. The molecule has 0 aliphatic carbocycles. The number of rotatable bonds is 43. The van der Waals surface area contributed by atoms with Gasteiger partial charge in [-0.05, 0) is 173 Å². The van der Waals surface area contributed by atoms with Crippen LogP contribution in [0.4, 0.5) is 20.6 Å². The Bertz CT molecular complexity index is 4040. The monoisotopic (exact) mass is 1910 g/mol. The summed E-state index contributed by atoms with van der Waals surface area (Å²) in [7, 11) is -4.35. The normalized spacial score (nSPS) is 12.1. The van der Waals surface area contributed by atoms with Gasteiger partial charge in [-0.1, -0.05) is 134 Å². The van der Waals surface area contributed by atoms with Crippen molar-refractivity contribution < 1.29 is 80.6 Å². The van der Waals surface area contributed by atoms with Gasteiger partial charge in [-0.15, -0.1) is 0 Å². The van der Waals surface area contributed by atoms with Crippen LogP contribution < -0.4 is 24.8 Å². The molecule has 0 saturated carbocycles. The van der Waals surface area contributed by atoms with E-state index >= 15 is 0 Å². The van der Waals surface area contributed by atoms with Gasteiger partial charge in [-0.25, -0.2) is 9.78 Å². The van der Waals surface area contributed by atoms with Crippen molar-refractivity contribution in [3.63, 3.8) is 0 Å². The Morgan fingerprint density at radius 1 is 0.492 bits per heavy atom. The molecule has 0 saturated heterocycles. The maximum Gasteiger partial charge on any atom is 0.412 e. The first-order valence-corrected chi connectivity index (χ1v) is 60.6. The maximum absolute atomic E-state index is 13.4. The largest absolute Gasteiger partial charge is 0.477 e. The molecule has 698 valence electrons. The molecule has 3 N–H and O–H groups in total. The summed E-state index contributed by atoms with van der Waals surface area (Å²) in [5.74, 6) is 1.08. The highest BCUT2D eigenvalue weighted by Gasteiger charge is 2.23. The summed E-state index contributed by atoms with van der Waals surface area (Å²) in [6.45, 7) is 72.1. The zero-order valence-electron chi connectivity index (χ0n) is 80.0. The molecule has 0 fully saturated rings. The second-order valence-corrected chi connectivity index (χ2v) is 57.2. The van der Waals surface area contributed by atoms with Gasteiger partial charge in [0.2, 0.25) is 23.6 Å². The van der Waals surface area contributed by atoms with Crippen LogP contribution in [0.5, 0.6) is 17.6 Å². The average Bonchev–Trinajstić information content (AvgIpc) is 1.68. The van der Waals surface area contributed by atoms with Gasteiger partial charge in [0, 0.05) is 177 Å². The van der Waals surface area contributed by atoms with Crippen LogP contribution in [-0.4, -0.2) is 205 Å². The van der Waals surface area contributed by atoms with Crippen molar-refractivity contribution >= 4 is 126 Å². The minimum atomic E-state index is -1.16. The van der Waals surface area contributed by atoms with Crippen LogP contribution in [-0.2, 0) is 79.0 Å². The summed E-state index contributed by atoms with van der Waals surface area (Å²) < 4.78 is 101. The van der Waals surface area contributed by atoms with Crippen molar-refractivity contribution in [2.75, 3.05) is 110 Å². The SMILES string of the molecule is CC.CC.CC.CC.CCOC(CCO)OCC.CCOC(CCOc1nc2c(ccn2COCC[Si](C)(C)C)cc1Br)OCC.CCOC(CCOc1nc2c(ccn2COCC[Si](C)(C)C)cc1NC(=O)OC(C)(C)C)OCC.C[Si](C)(C)CCOCn1ccc2cc(Br)c(F)nc21.C[Si](C)(C)CCOCn1ccc2cc3c(nc21)OCCCN3.